The van der Waals surface area contributed by atoms with Gasteiger partial charge in [0.25, 0.3) is 0 Å². The lowest BCUT2D eigenvalue weighted by molar-refractivity contribution is 0.171. The molecule has 4 rings (SSSR count). The van der Waals surface area contributed by atoms with E-state index in [-0.39, 0.29) is 0 Å². The number of aryl methyl sites for hydroxylation is 3. The Bertz CT molecular complexity index is 962. The van der Waals surface area contributed by atoms with Gasteiger partial charge in [-0.05, 0) is 43.2 Å². The maximum Gasteiger partial charge on any atom is 0.155 e. The van der Waals surface area contributed by atoms with Gasteiger partial charge < -0.3 is 14.4 Å². The van der Waals surface area contributed by atoms with Crippen LogP contribution >= 0.6 is 0 Å². The largest absolute Gasteiger partial charge is 0.492 e. The summed E-state index contributed by atoms with van der Waals surface area (Å²) in [6.45, 7) is 8.25. The molecular weight excluding hydrogens is 354 g/mol. The van der Waals surface area contributed by atoms with Crippen molar-refractivity contribution in [1.29, 1.82) is 0 Å². The molecule has 0 spiro atoms. The van der Waals surface area contributed by atoms with Crippen molar-refractivity contribution >= 4 is 0 Å². The Labute approximate surface area is 165 Å². The fraction of sp³-hybridized carbons (Fsp3) is 0.429. The van der Waals surface area contributed by atoms with E-state index in [1.54, 1.807) is 6.20 Å². The van der Waals surface area contributed by atoms with Crippen LogP contribution in [-0.2, 0) is 20.1 Å². The van der Waals surface area contributed by atoms with Gasteiger partial charge in [-0.3, -0.25) is 9.58 Å². The SMILES string of the molecule is Cc1ccc(OCCN2CCn3nc(C(O)c4nccn4C)cc3C2)cc1C. The van der Waals surface area contributed by atoms with Crippen LogP contribution in [0.1, 0.15) is 34.4 Å². The average Bonchev–Trinajstić information content (AvgIpc) is 3.30. The number of hydrogen-bond acceptors (Lipinski definition) is 5. The van der Waals surface area contributed by atoms with Gasteiger partial charge in [-0.25, -0.2) is 4.98 Å². The van der Waals surface area contributed by atoms with Gasteiger partial charge in [-0.1, -0.05) is 6.07 Å². The minimum Gasteiger partial charge on any atom is -0.492 e. The molecule has 0 saturated carbocycles. The molecule has 28 heavy (non-hydrogen) atoms. The van der Waals surface area contributed by atoms with Gasteiger partial charge in [-0.2, -0.15) is 5.10 Å². The van der Waals surface area contributed by atoms with Gasteiger partial charge >= 0.3 is 0 Å². The predicted molar refractivity (Wildman–Crippen MR) is 106 cm³/mol. The van der Waals surface area contributed by atoms with E-state index in [1.165, 1.54) is 11.1 Å². The van der Waals surface area contributed by atoms with Gasteiger partial charge in [0.05, 0.1) is 17.9 Å². The smallest absolute Gasteiger partial charge is 0.155 e. The van der Waals surface area contributed by atoms with Crippen molar-refractivity contribution in [3.05, 3.63) is 65.0 Å². The Morgan fingerprint density at radius 3 is 2.79 bits per heavy atom. The molecular formula is C21H27N5O2. The molecule has 3 aromatic rings. The van der Waals surface area contributed by atoms with E-state index < -0.39 is 6.10 Å². The Hall–Kier alpha value is -2.64. The summed E-state index contributed by atoms with van der Waals surface area (Å²) in [6.07, 6.45) is 2.71. The summed E-state index contributed by atoms with van der Waals surface area (Å²) in [5, 5.41) is 15.2. The van der Waals surface area contributed by atoms with Crippen LogP contribution in [-0.4, -0.2) is 49.0 Å². The Kier molecular flexibility index (Phi) is 5.19. The number of aliphatic hydroxyl groups is 1. The number of fused-ring (bicyclic) bond motifs is 1. The van der Waals surface area contributed by atoms with Crippen molar-refractivity contribution in [2.24, 2.45) is 7.05 Å². The van der Waals surface area contributed by atoms with E-state index in [1.807, 2.05) is 34.6 Å². The van der Waals surface area contributed by atoms with Crippen LogP contribution in [0.3, 0.4) is 0 Å². The lowest BCUT2D eigenvalue weighted by atomic mass is 10.1. The quantitative estimate of drug-likeness (QED) is 0.709. The molecule has 0 bridgehead atoms. The van der Waals surface area contributed by atoms with Crippen LogP contribution in [0.15, 0.2) is 36.7 Å². The summed E-state index contributed by atoms with van der Waals surface area (Å²) in [7, 11) is 1.87. The third-order valence-electron chi connectivity index (χ3n) is 5.43. The summed E-state index contributed by atoms with van der Waals surface area (Å²) >= 11 is 0. The number of aliphatic hydroxyl groups excluding tert-OH is 1. The van der Waals surface area contributed by atoms with Gasteiger partial charge in [-0.15, -0.1) is 0 Å². The highest BCUT2D eigenvalue weighted by molar-refractivity contribution is 5.33. The zero-order chi connectivity index (χ0) is 19.7. The third-order valence-corrected chi connectivity index (χ3v) is 5.43. The van der Waals surface area contributed by atoms with Gasteiger partial charge in [0.2, 0.25) is 0 Å². The van der Waals surface area contributed by atoms with E-state index in [9.17, 15) is 5.11 Å². The fourth-order valence-electron chi connectivity index (χ4n) is 3.54. The third kappa shape index (κ3) is 3.81. The number of rotatable bonds is 6. The second-order valence-corrected chi connectivity index (χ2v) is 7.45. The minimum absolute atomic E-state index is 0.606. The number of aromatic nitrogens is 4. The van der Waals surface area contributed by atoms with Crippen molar-refractivity contribution in [3.63, 3.8) is 0 Å². The van der Waals surface area contributed by atoms with Crippen LogP contribution in [0, 0.1) is 13.8 Å². The van der Waals surface area contributed by atoms with Crippen LogP contribution in [0.2, 0.25) is 0 Å². The molecule has 0 amide bonds. The van der Waals surface area contributed by atoms with Crippen molar-refractivity contribution in [3.8, 4) is 5.75 Å². The van der Waals surface area contributed by atoms with Crippen molar-refractivity contribution < 1.29 is 9.84 Å². The van der Waals surface area contributed by atoms with Crippen LogP contribution in [0.4, 0.5) is 0 Å². The lowest BCUT2D eigenvalue weighted by Crippen LogP contribution is -2.36. The molecule has 1 unspecified atom stereocenters. The predicted octanol–water partition coefficient (Wildman–Crippen LogP) is 2.21. The first-order valence-electron chi connectivity index (χ1n) is 9.65. The summed E-state index contributed by atoms with van der Waals surface area (Å²) in [5.74, 6) is 1.53. The van der Waals surface area contributed by atoms with Crippen LogP contribution in [0.25, 0.3) is 0 Å². The highest BCUT2D eigenvalue weighted by atomic mass is 16.5. The number of nitrogens with zero attached hydrogens (tertiary/aromatic N) is 5. The maximum atomic E-state index is 10.6. The molecule has 1 atom stereocenters. The Morgan fingerprint density at radius 2 is 2.04 bits per heavy atom. The molecule has 0 radical (unpaired) electrons. The van der Waals surface area contributed by atoms with Crippen molar-refractivity contribution in [2.75, 3.05) is 19.7 Å². The van der Waals surface area contributed by atoms with E-state index in [2.05, 4.69) is 41.0 Å². The summed E-state index contributed by atoms with van der Waals surface area (Å²) in [4.78, 5) is 6.59. The molecule has 0 aliphatic carbocycles. The average molecular weight is 381 g/mol. The molecule has 148 valence electrons. The normalized spacial score (nSPS) is 15.4. The Balaban J connectivity index is 1.35. The molecule has 2 aromatic heterocycles. The standard InChI is InChI=1S/C21H27N5O2/c1-15-4-5-18(12-16(15)2)28-11-10-25-8-9-26-17(14-25)13-19(23-26)20(27)21-22-6-7-24(21)3/h4-7,12-13,20,27H,8-11,14H2,1-3H3. The van der Waals surface area contributed by atoms with Gasteiger partial charge in [0.1, 0.15) is 18.2 Å². The lowest BCUT2D eigenvalue weighted by Gasteiger charge is -2.27. The second kappa shape index (κ2) is 7.77. The molecule has 1 aliphatic heterocycles. The fourth-order valence-corrected chi connectivity index (χ4v) is 3.54. The maximum absolute atomic E-state index is 10.6. The number of ether oxygens (including phenoxy) is 1. The molecule has 0 fully saturated rings. The first kappa shape index (κ1) is 18.7. The summed E-state index contributed by atoms with van der Waals surface area (Å²) in [6, 6.07) is 8.19. The molecule has 1 N–H and O–H groups in total. The van der Waals surface area contributed by atoms with Crippen LogP contribution in [0.5, 0.6) is 5.75 Å². The van der Waals surface area contributed by atoms with Crippen molar-refractivity contribution in [1.82, 2.24) is 24.2 Å². The van der Waals surface area contributed by atoms with Gasteiger partial charge in [0, 0.05) is 39.1 Å². The first-order valence-corrected chi connectivity index (χ1v) is 9.65. The van der Waals surface area contributed by atoms with E-state index in [0.717, 1.165) is 37.6 Å². The highest BCUT2D eigenvalue weighted by Gasteiger charge is 2.23. The molecule has 7 heteroatoms. The van der Waals surface area contributed by atoms with E-state index in [4.69, 9.17) is 4.74 Å². The van der Waals surface area contributed by atoms with E-state index in [0.29, 0.717) is 18.1 Å². The summed E-state index contributed by atoms with van der Waals surface area (Å²) < 4.78 is 9.73. The molecule has 1 aromatic carbocycles. The topological polar surface area (TPSA) is 68.3 Å². The highest BCUT2D eigenvalue weighted by Crippen LogP contribution is 2.22. The molecule has 0 saturated heterocycles. The molecule has 3 heterocycles. The first-order chi connectivity index (χ1) is 13.5. The number of imidazole rings is 1. The van der Waals surface area contributed by atoms with Crippen molar-refractivity contribution in [2.45, 2.75) is 33.0 Å². The monoisotopic (exact) mass is 381 g/mol. The number of benzene rings is 1. The van der Waals surface area contributed by atoms with Gasteiger partial charge in [0.15, 0.2) is 6.10 Å². The molecule has 7 nitrogen and oxygen atoms in total. The molecule has 1 aliphatic rings. The second-order valence-electron chi connectivity index (χ2n) is 7.45. The number of hydrogen-bond donors (Lipinski definition) is 1. The van der Waals surface area contributed by atoms with Crippen LogP contribution < -0.4 is 4.74 Å². The minimum atomic E-state index is -0.806. The Morgan fingerprint density at radius 1 is 1.18 bits per heavy atom. The summed E-state index contributed by atoms with van der Waals surface area (Å²) in [5.41, 5.74) is 4.29. The zero-order valence-corrected chi connectivity index (χ0v) is 16.7. The van der Waals surface area contributed by atoms with E-state index >= 15 is 0 Å². The zero-order valence-electron chi connectivity index (χ0n) is 16.7.